The zero-order valence-corrected chi connectivity index (χ0v) is 47.4. The van der Waals surface area contributed by atoms with Crippen molar-refractivity contribution in [1.29, 1.82) is 0 Å². The van der Waals surface area contributed by atoms with Gasteiger partial charge in [-0.3, -0.25) is 9.59 Å². The van der Waals surface area contributed by atoms with E-state index in [-0.39, 0.29) is 32.2 Å². The smallest absolute Gasteiger partial charge is 0.361 e. The van der Waals surface area contributed by atoms with Crippen LogP contribution >= 0.6 is 0 Å². The first-order valence-electron chi connectivity index (χ1n) is 30.2. The molecule has 0 aliphatic carbocycles. The van der Waals surface area contributed by atoms with E-state index >= 15 is 0 Å². The number of aliphatic carboxylic acids is 1. The number of unbranched alkanes of at least 4 members (excludes halogenated alkanes) is 35. The molecular weight excluding hydrogens is 887 g/mol. The molecule has 0 fully saturated rings. The van der Waals surface area contributed by atoms with Gasteiger partial charge >= 0.3 is 17.9 Å². The number of rotatable bonds is 56. The highest BCUT2D eigenvalue weighted by atomic mass is 16.7. The van der Waals surface area contributed by atoms with Gasteiger partial charge in [0.1, 0.15) is 13.2 Å². The van der Waals surface area contributed by atoms with E-state index in [2.05, 4.69) is 50.3 Å². The summed E-state index contributed by atoms with van der Waals surface area (Å²) < 4.78 is 22.9. The molecule has 0 aliphatic rings. The first-order chi connectivity index (χ1) is 34.6. The molecule has 0 aliphatic heterocycles. The second-order valence-electron chi connectivity index (χ2n) is 21.7. The van der Waals surface area contributed by atoms with Crippen molar-refractivity contribution in [3.05, 3.63) is 36.5 Å². The predicted molar refractivity (Wildman–Crippen MR) is 300 cm³/mol. The van der Waals surface area contributed by atoms with Crippen LogP contribution in [0.2, 0.25) is 0 Å². The molecule has 0 spiro atoms. The summed E-state index contributed by atoms with van der Waals surface area (Å²) in [6.45, 7) is 4.91. The molecule has 0 amide bonds. The number of hydrogen-bond donors (Lipinski definition) is 1. The molecule has 1 N–H and O–H groups in total. The Hall–Kier alpha value is -2.49. The Balaban J connectivity index is 4.20. The van der Waals surface area contributed by atoms with Gasteiger partial charge in [0.2, 0.25) is 0 Å². The number of nitrogens with zero attached hydrogens (tertiary/aromatic N) is 1. The predicted octanol–water partition coefficient (Wildman–Crippen LogP) is 17.7. The molecular formula is C62H116NO8+. The van der Waals surface area contributed by atoms with Crippen LogP contribution in [0.3, 0.4) is 0 Å². The second-order valence-corrected chi connectivity index (χ2v) is 21.7. The number of ether oxygens (including phenoxy) is 4. The maximum Gasteiger partial charge on any atom is 0.361 e. The number of carboxylic acids is 1. The standard InChI is InChI=1S/C62H115NO8/c1-6-8-10-12-14-16-18-20-22-24-26-27-28-29-30-31-32-33-35-37-39-41-43-45-47-49-51-53-60(65)71-58(57-70-62(61(66)67)68-55-54-63(3,4)5)56-69-59(64)52-50-48-46-44-42-40-38-36-34-25-23-21-19-17-15-13-11-9-7-2/h18,20,24,26,28-29,58,62H,6-17,19,21-23,25,27,30-57H2,1-5H3/p+1/b20-18-,26-24-,29-28-. The molecule has 9 heteroatoms. The number of esters is 2. The summed E-state index contributed by atoms with van der Waals surface area (Å²) in [6.07, 6.45) is 62.2. The maximum absolute atomic E-state index is 12.9. The summed E-state index contributed by atoms with van der Waals surface area (Å²) in [5.74, 6) is -1.99. The molecule has 0 aromatic heterocycles. The Morgan fingerprint density at radius 3 is 1.13 bits per heavy atom. The summed E-state index contributed by atoms with van der Waals surface area (Å²) in [6, 6.07) is 0. The lowest BCUT2D eigenvalue weighted by Crippen LogP contribution is -2.40. The summed E-state index contributed by atoms with van der Waals surface area (Å²) in [5.41, 5.74) is 0. The van der Waals surface area contributed by atoms with Crippen molar-refractivity contribution < 1.29 is 42.9 Å². The fourth-order valence-corrected chi connectivity index (χ4v) is 8.73. The van der Waals surface area contributed by atoms with Gasteiger partial charge in [0.05, 0.1) is 34.4 Å². The number of allylic oxidation sites excluding steroid dienone is 6. The van der Waals surface area contributed by atoms with Crippen molar-refractivity contribution >= 4 is 17.9 Å². The van der Waals surface area contributed by atoms with E-state index in [4.69, 9.17) is 18.9 Å². The summed E-state index contributed by atoms with van der Waals surface area (Å²) in [5, 5.41) is 9.71. The molecule has 416 valence electrons. The van der Waals surface area contributed by atoms with Gasteiger partial charge in [-0.2, -0.15) is 0 Å². The topological polar surface area (TPSA) is 108 Å². The first-order valence-corrected chi connectivity index (χ1v) is 30.2. The summed E-state index contributed by atoms with van der Waals surface area (Å²) in [7, 11) is 5.98. The lowest BCUT2D eigenvalue weighted by molar-refractivity contribution is -0.870. The maximum atomic E-state index is 12.9. The van der Waals surface area contributed by atoms with E-state index in [1.54, 1.807) is 0 Å². The molecule has 0 saturated heterocycles. The van der Waals surface area contributed by atoms with Crippen LogP contribution in [0, 0.1) is 0 Å². The van der Waals surface area contributed by atoms with Crippen LogP contribution in [0.15, 0.2) is 36.5 Å². The Morgan fingerprint density at radius 1 is 0.423 bits per heavy atom. The number of likely N-dealkylation sites (N-methyl/N-ethyl adjacent to an activating group) is 1. The highest BCUT2D eigenvalue weighted by molar-refractivity contribution is 5.71. The first kappa shape index (κ1) is 68.5. The third-order valence-corrected chi connectivity index (χ3v) is 13.4. The summed E-state index contributed by atoms with van der Waals surface area (Å²) >= 11 is 0. The lowest BCUT2D eigenvalue weighted by Gasteiger charge is -2.25. The van der Waals surface area contributed by atoms with E-state index in [9.17, 15) is 19.5 Å². The molecule has 0 aromatic carbocycles. The Kier molecular flexibility index (Phi) is 51.9. The van der Waals surface area contributed by atoms with Crippen LogP contribution < -0.4 is 0 Å². The normalized spacial score (nSPS) is 13.0. The van der Waals surface area contributed by atoms with Gasteiger partial charge in [-0.15, -0.1) is 0 Å². The summed E-state index contributed by atoms with van der Waals surface area (Å²) in [4.78, 5) is 37.4. The van der Waals surface area contributed by atoms with Gasteiger partial charge < -0.3 is 28.5 Å². The fourth-order valence-electron chi connectivity index (χ4n) is 8.73. The third-order valence-electron chi connectivity index (χ3n) is 13.4. The molecule has 0 rings (SSSR count). The Labute approximate surface area is 439 Å². The van der Waals surface area contributed by atoms with Crippen molar-refractivity contribution in [2.24, 2.45) is 0 Å². The molecule has 2 unspecified atom stereocenters. The van der Waals surface area contributed by atoms with Crippen molar-refractivity contribution in [1.82, 2.24) is 0 Å². The van der Waals surface area contributed by atoms with Gasteiger partial charge in [0.25, 0.3) is 6.29 Å². The SMILES string of the molecule is CCCCCCC/C=C\C/C=C\C/C=C\CCCCCCCCCCCCCCC(=O)OC(COC(=O)CCCCCCCCCCCCCCCCCCCCC)COC(OCC[N+](C)(C)C)C(=O)O. The minimum atomic E-state index is -1.51. The minimum Gasteiger partial charge on any atom is -0.477 e. The minimum absolute atomic E-state index is 0.178. The number of carbonyl (C=O) groups excluding carboxylic acids is 2. The number of quaternary nitrogens is 1. The molecule has 0 radical (unpaired) electrons. The van der Waals surface area contributed by atoms with Crippen LogP contribution in [0.1, 0.15) is 284 Å². The average Bonchev–Trinajstić information content (AvgIpc) is 3.34. The number of carbonyl (C=O) groups is 3. The molecule has 71 heavy (non-hydrogen) atoms. The van der Waals surface area contributed by atoms with E-state index in [1.807, 2.05) is 21.1 Å². The van der Waals surface area contributed by atoms with Gasteiger partial charge in [0, 0.05) is 12.8 Å². The van der Waals surface area contributed by atoms with Crippen LogP contribution in [0.5, 0.6) is 0 Å². The van der Waals surface area contributed by atoms with E-state index in [1.165, 1.54) is 205 Å². The van der Waals surface area contributed by atoms with Crippen LogP contribution in [0.25, 0.3) is 0 Å². The highest BCUT2D eigenvalue weighted by Crippen LogP contribution is 2.17. The average molecular weight is 1000 g/mol. The van der Waals surface area contributed by atoms with Crippen LogP contribution in [-0.2, 0) is 33.3 Å². The van der Waals surface area contributed by atoms with Crippen molar-refractivity contribution in [3.63, 3.8) is 0 Å². The molecule has 0 heterocycles. The molecule has 0 aromatic rings. The molecule has 0 bridgehead atoms. The Bertz CT molecular complexity index is 1260. The van der Waals surface area contributed by atoms with Gasteiger partial charge in [-0.25, -0.2) is 4.79 Å². The quantitative estimate of drug-likeness (QED) is 0.0211. The second kappa shape index (κ2) is 53.8. The number of hydrogen-bond acceptors (Lipinski definition) is 7. The third kappa shape index (κ3) is 55.1. The van der Waals surface area contributed by atoms with Crippen LogP contribution in [0.4, 0.5) is 0 Å². The lowest BCUT2D eigenvalue weighted by atomic mass is 10.0. The van der Waals surface area contributed by atoms with E-state index < -0.39 is 24.3 Å². The van der Waals surface area contributed by atoms with Gasteiger partial charge in [-0.05, 0) is 51.4 Å². The molecule has 0 saturated carbocycles. The molecule has 9 nitrogen and oxygen atoms in total. The van der Waals surface area contributed by atoms with Crippen molar-refractivity contribution in [2.45, 2.75) is 296 Å². The highest BCUT2D eigenvalue weighted by Gasteiger charge is 2.25. The van der Waals surface area contributed by atoms with Gasteiger partial charge in [0.15, 0.2) is 6.10 Å². The van der Waals surface area contributed by atoms with E-state index in [0.29, 0.717) is 17.4 Å². The fraction of sp³-hybridized carbons (Fsp3) is 0.855. The van der Waals surface area contributed by atoms with Gasteiger partial charge in [-0.1, -0.05) is 256 Å². The Morgan fingerprint density at radius 2 is 0.761 bits per heavy atom. The zero-order valence-electron chi connectivity index (χ0n) is 47.4. The molecule has 2 atom stereocenters. The monoisotopic (exact) mass is 1000 g/mol. The largest absolute Gasteiger partial charge is 0.477 e. The van der Waals surface area contributed by atoms with Crippen molar-refractivity contribution in [3.8, 4) is 0 Å². The van der Waals surface area contributed by atoms with E-state index in [0.717, 1.165) is 51.4 Å². The zero-order chi connectivity index (χ0) is 52.0. The number of carboxylic acid groups (broad SMARTS) is 1. The van der Waals surface area contributed by atoms with Crippen LogP contribution in [-0.4, -0.2) is 87.4 Å². The van der Waals surface area contributed by atoms with Crippen molar-refractivity contribution in [2.75, 3.05) is 47.5 Å².